The maximum Gasteiger partial charge on any atom is 0.339 e. The Bertz CT molecular complexity index is 255. The highest BCUT2D eigenvalue weighted by Gasteiger charge is 2.05. The molecule has 0 amide bonds. The third-order valence-corrected chi connectivity index (χ3v) is 1.13. The summed E-state index contributed by atoms with van der Waals surface area (Å²) < 4.78 is 0. The molecule has 0 radical (unpaired) electrons. The molecule has 0 aliphatic carbocycles. The number of carbonyl (C=O) groups is 1. The van der Waals surface area contributed by atoms with E-state index in [1.165, 1.54) is 12.1 Å². The van der Waals surface area contributed by atoms with Crippen molar-refractivity contribution in [2.45, 2.75) is 0 Å². The van der Waals surface area contributed by atoms with Crippen LogP contribution < -0.4 is 0 Å². The molecule has 0 unspecified atom stereocenters. The molecule has 0 fully saturated rings. The van der Waals surface area contributed by atoms with Crippen LogP contribution in [0.15, 0.2) is 24.3 Å². The van der Waals surface area contributed by atoms with Crippen LogP contribution in [0.25, 0.3) is 0 Å². The second kappa shape index (κ2) is 2.39. The Morgan fingerprint density at radius 1 is 1.30 bits per heavy atom. The highest BCUT2D eigenvalue weighted by Crippen LogP contribution is 2.14. The molecular formula is C7H6O3. The normalized spacial score (nSPS) is 9.20. The monoisotopic (exact) mass is 150 g/mol. The molecule has 0 aliphatic rings. The van der Waals surface area contributed by atoms with Crippen LogP contribution in [-0.2, 0) is 0 Å². The largest absolute Gasteiger partial charge is 0.507 e. The summed E-state index contributed by atoms with van der Waals surface area (Å²) in [5, 5.41) is 17.3. The van der Waals surface area contributed by atoms with Gasteiger partial charge in [0.15, 0.2) is 0 Å². The zero-order valence-corrected chi connectivity index (χ0v) is 5.11. The number of aromatic carboxylic acids is 1. The van der Waals surface area contributed by atoms with Gasteiger partial charge in [-0.3, -0.25) is 0 Å². The Balaban J connectivity index is 3.15. The van der Waals surface area contributed by atoms with E-state index in [1.807, 2.05) is 0 Å². The molecule has 1 aromatic rings. The highest BCUT2D eigenvalue weighted by molar-refractivity contribution is 5.90. The van der Waals surface area contributed by atoms with Crippen LogP contribution in [0.3, 0.4) is 0 Å². The minimum absolute atomic E-state index is 0.0671. The van der Waals surface area contributed by atoms with Gasteiger partial charge in [0.25, 0.3) is 0 Å². The van der Waals surface area contributed by atoms with Crippen molar-refractivity contribution in [3.8, 4) is 5.75 Å². The van der Waals surface area contributed by atoms with Crippen LogP contribution in [0, 0.1) is 0 Å². The summed E-state index contributed by atoms with van der Waals surface area (Å²) in [5.41, 5.74) is -0.0671. The fraction of sp³-hybridized carbons (Fsp3) is 0. The number of carboxylic acids is 1. The molecule has 1 aromatic carbocycles. The van der Waals surface area contributed by atoms with Gasteiger partial charge in [-0.05, 0) is 12.1 Å². The van der Waals surface area contributed by atoms with E-state index in [0.29, 0.717) is 0 Å². The molecule has 0 saturated heterocycles. The lowest BCUT2D eigenvalue weighted by atomic mass is 11.2. The Hall–Kier alpha value is -1.51. The van der Waals surface area contributed by atoms with Gasteiger partial charge in [-0.1, -0.05) is 12.1 Å². The minimum atomic E-state index is -1.11. The zero-order chi connectivity index (χ0) is 7.56. The first-order valence-corrected chi connectivity index (χ1v) is 2.73. The molecule has 0 aliphatic heterocycles. The lowest BCUT2D eigenvalue weighted by Gasteiger charge is -1.95. The predicted molar refractivity (Wildman–Crippen MR) is 35.1 cm³/mol. The smallest absolute Gasteiger partial charge is 0.339 e. The van der Waals surface area contributed by atoms with Gasteiger partial charge in [0.1, 0.15) is 11.3 Å². The summed E-state index contributed by atoms with van der Waals surface area (Å²) in [5.74, 6) is -1.31. The molecule has 2 N–H and O–H groups in total. The summed E-state index contributed by atoms with van der Waals surface area (Å²) in [4.78, 5) is 10.3. The van der Waals surface area contributed by atoms with Gasteiger partial charge in [-0.25, -0.2) is 4.79 Å². The van der Waals surface area contributed by atoms with Crippen molar-refractivity contribution in [2.75, 3.05) is 0 Å². The van der Waals surface area contributed by atoms with E-state index in [0.717, 1.165) is 0 Å². The molecule has 0 heterocycles. The first kappa shape index (κ1) is 6.61. The number of carboxylic acid groups (broad SMARTS) is 1. The molecule has 10 heavy (non-hydrogen) atoms. The Morgan fingerprint density at radius 3 is 2.30 bits per heavy atom. The summed E-state index contributed by atoms with van der Waals surface area (Å²) in [6, 6.07) is 5.81. The topological polar surface area (TPSA) is 57.5 Å². The molecule has 3 heteroatoms. The average Bonchev–Trinajstić information content (AvgIpc) is 1.88. The lowest BCUT2D eigenvalue weighted by molar-refractivity contribution is 0.0694. The molecule has 0 spiro atoms. The molecule has 0 aromatic heterocycles. The number of phenols is 1. The fourth-order valence-electron chi connectivity index (χ4n) is 0.654. The van der Waals surface area contributed by atoms with E-state index in [1.54, 1.807) is 12.1 Å². The number of hydrogen-bond donors (Lipinski definition) is 2. The van der Waals surface area contributed by atoms with Gasteiger partial charge in [-0.2, -0.15) is 0 Å². The summed E-state index contributed by atoms with van der Waals surface area (Å²) >= 11 is 0. The number of aromatic hydroxyl groups is 1. The highest BCUT2D eigenvalue weighted by atomic mass is 16.5. The van der Waals surface area contributed by atoms with E-state index >= 15 is 0 Å². The van der Waals surface area contributed by atoms with Crippen molar-refractivity contribution in [2.24, 2.45) is 0 Å². The maximum atomic E-state index is 10.3. The van der Waals surface area contributed by atoms with Crippen molar-refractivity contribution in [3.05, 3.63) is 29.8 Å². The van der Waals surface area contributed by atoms with Gasteiger partial charge in [-0.15, -0.1) is 0 Å². The first-order chi connectivity index (χ1) is 4.72. The average molecular weight is 150 g/mol. The molecule has 0 bridgehead atoms. The van der Waals surface area contributed by atoms with E-state index < -0.39 is 5.97 Å². The number of rotatable bonds is 1. The molecule has 0 atom stereocenters. The third-order valence-electron chi connectivity index (χ3n) is 1.13. The standard InChI is InChI=1S/C7H6O3/c8-6-4-2-1-3-5(6)7(9)10/h1-4,8H,(H,9,10)/i1+2,2+2,3+2,4+2,5+2,6+2. The zero-order valence-electron chi connectivity index (χ0n) is 5.11. The lowest BCUT2D eigenvalue weighted by Crippen LogP contribution is -1.95. The van der Waals surface area contributed by atoms with Crippen LogP contribution in [0.1, 0.15) is 10.4 Å². The quantitative estimate of drug-likeness (QED) is 0.629. The summed E-state index contributed by atoms with van der Waals surface area (Å²) in [6.07, 6.45) is 0. The van der Waals surface area contributed by atoms with Crippen LogP contribution in [0.4, 0.5) is 0 Å². The van der Waals surface area contributed by atoms with Gasteiger partial charge in [0.2, 0.25) is 0 Å². The maximum absolute atomic E-state index is 10.3. The van der Waals surface area contributed by atoms with Gasteiger partial charge < -0.3 is 10.2 Å². The van der Waals surface area contributed by atoms with E-state index in [9.17, 15) is 4.79 Å². The Kier molecular flexibility index (Phi) is 1.58. The van der Waals surface area contributed by atoms with Crippen molar-refractivity contribution in [1.29, 1.82) is 0 Å². The van der Waals surface area contributed by atoms with Crippen molar-refractivity contribution in [1.82, 2.24) is 0 Å². The fourth-order valence-corrected chi connectivity index (χ4v) is 0.654. The SMILES string of the molecule is O=C(O)[14c]1[14cH][14cH][14cH][14cH][14c]1O. The van der Waals surface area contributed by atoms with Gasteiger partial charge in [0, 0.05) is 0 Å². The van der Waals surface area contributed by atoms with Crippen molar-refractivity contribution < 1.29 is 15.0 Å². The Morgan fingerprint density at radius 2 is 1.90 bits per heavy atom. The predicted octanol–water partition coefficient (Wildman–Crippen LogP) is 1.09. The van der Waals surface area contributed by atoms with Crippen molar-refractivity contribution >= 4 is 5.97 Å². The molecule has 0 saturated carbocycles. The third kappa shape index (κ3) is 1.07. The number of para-hydroxylation sites is 1. The van der Waals surface area contributed by atoms with Crippen LogP contribution in [0.2, 0.25) is 0 Å². The van der Waals surface area contributed by atoms with Crippen LogP contribution in [0.5, 0.6) is 5.75 Å². The summed E-state index contributed by atoms with van der Waals surface area (Å²) in [6.45, 7) is 0. The van der Waals surface area contributed by atoms with Crippen molar-refractivity contribution in [3.63, 3.8) is 0 Å². The molecule has 1 rings (SSSR count). The van der Waals surface area contributed by atoms with E-state index in [4.69, 9.17) is 10.2 Å². The van der Waals surface area contributed by atoms with Crippen LogP contribution >= 0.6 is 0 Å². The summed E-state index contributed by atoms with van der Waals surface area (Å²) in [7, 11) is 0. The van der Waals surface area contributed by atoms with E-state index in [-0.39, 0.29) is 11.3 Å². The van der Waals surface area contributed by atoms with Crippen LogP contribution in [-0.4, -0.2) is 16.2 Å². The van der Waals surface area contributed by atoms with Gasteiger partial charge >= 0.3 is 5.97 Å². The van der Waals surface area contributed by atoms with E-state index in [2.05, 4.69) is 0 Å². The molecule has 3 nitrogen and oxygen atoms in total. The molecule has 52 valence electrons. The first-order valence-electron chi connectivity index (χ1n) is 2.73. The minimum Gasteiger partial charge on any atom is -0.507 e. The number of hydrogen-bond acceptors (Lipinski definition) is 2. The molecular weight excluding hydrogens is 144 g/mol. The Labute approximate surface area is 57.5 Å². The van der Waals surface area contributed by atoms with Gasteiger partial charge in [0.05, 0.1) is 0 Å². The number of benzene rings is 1. The second-order valence-corrected chi connectivity index (χ2v) is 1.82. The second-order valence-electron chi connectivity index (χ2n) is 1.82.